The van der Waals surface area contributed by atoms with Gasteiger partial charge in [0.15, 0.2) is 0 Å². The molecular weight excluding hydrogens is 739 g/mol. The monoisotopic (exact) mass is 819 g/mol. The largest absolute Gasteiger partial charge is 0.472 e. The second kappa shape index (κ2) is 43.0. The number of aliphatic hydroxyl groups is 2. The van der Waals surface area contributed by atoms with E-state index in [-0.39, 0.29) is 13.0 Å². The minimum absolute atomic E-state index is 0.0175. The minimum Gasteiger partial charge on any atom is -0.457 e. The first-order valence-electron chi connectivity index (χ1n) is 21.7. The van der Waals surface area contributed by atoms with E-state index in [1.54, 1.807) is 0 Å². The van der Waals surface area contributed by atoms with E-state index in [0.717, 1.165) is 83.5 Å². The average molecular weight is 819 g/mol. The highest BCUT2D eigenvalue weighted by atomic mass is 31.2. The lowest BCUT2D eigenvalue weighted by Crippen LogP contribution is -2.29. The van der Waals surface area contributed by atoms with Crippen molar-refractivity contribution in [3.8, 4) is 0 Å². The lowest BCUT2D eigenvalue weighted by atomic mass is 10.1. The molecule has 326 valence electrons. The van der Waals surface area contributed by atoms with E-state index in [2.05, 4.69) is 111 Å². The molecule has 0 aromatic rings. The van der Waals surface area contributed by atoms with Crippen molar-refractivity contribution in [2.45, 2.75) is 161 Å². The van der Waals surface area contributed by atoms with Crippen LogP contribution in [0.3, 0.4) is 0 Å². The maximum absolute atomic E-state index is 12.6. The molecule has 0 bridgehead atoms. The summed E-state index contributed by atoms with van der Waals surface area (Å²) in [6.07, 6.45) is 53.6. The van der Waals surface area contributed by atoms with Crippen molar-refractivity contribution < 1.29 is 43.0 Å². The van der Waals surface area contributed by atoms with Crippen LogP contribution in [0.4, 0.5) is 0 Å². The molecule has 0 fully saturated rings. The molecule has 9 nitrogen and oxygen atoms in total. The van der Waals surface area contributed by atoms with Gasteiger partial charge in [-0.05, 0) is 89.9 Å². The third-order valence-electron chi connectivity index (χ3n) is 8.50. The third-order valence-corrected chi connectivity index (χ3v) is 9.45. The summed E-state index contributed by atoms with van der Waals surface area (Å²) < 4.78 is 33.3. The van der Waals surface area contributed by atoms with Crippen LogP contribution < -0.4 is 0 Å². The molecule has 0 aromatic carbocycles. The topological polar surface area (TPSA) is 132 Å². The molecule has 0 amide bonds. The molecule has 0 saturated carbocycles. The van der Waals surface area contributed by atoms with Crippen molar-refractivity contribution in [2.75, 3.05) is 33.0 Å². The number of rotatable bonds is 40. The zero-order valence-corrected chi connectivity index (χ0v) is 36.4. The van der Waals surface area contributed by atoms with E-state index in [0.29, 0.717) is 13.0 Å². The van der Waals surface area contributed by atoms with E-state index < -0.39 is 45.8 Å². The molecule has 0 saturated heterocycles. The van der Waals surface area contributed by atoms with E-state index in [9.17, 15) is 19.4 Å². The van der Waals surface area contributed by atoms with Crippen molar-refractivity contribution in [1.82, 2.24) is 0 Å². The Balaban J connectivity index is 4.31. The first-order chi connectivity index (χ1) is 27.8. The molecular formula is C47H79O9P. The van der Waals surface area contributed by atoms with Crippen molar-refractivity contribution >= 4 is 13.8 Å². The van der Waals surface area contributed by atoms with Gasteiger partial charge in [-0.15, -0.1) is 0 Å². The maximum Gasteiger partial charge on any atom is 0.472 e. The number of hydrogen-bond acceptors (Lipinski definition) is 8. The fourth-order valence-corrected chi connectivity index (χ4v) is 5.99. The highest BCUT2D eigenvalue weighted by Crippen LogP contribution is 2.43. The zero-order chi connectivity index (χ0) is 41.8. The Morgan fingerprint density at radius 3 is 1.51 bits per heavy atom. The number of hydrogen-bond donors (Lipinski definition) is 3. The van der Waals surface area contributed by atoms with Gasteiger partial charge in [-0.25, -0.2) is 4.57 Å². The Hall–Kier alpha value is -2.62. The van der Waals surface area contributed by atoms with E-state index in [1.807, 2.05) is 0 Å². The Labute approximate surface area is 347 Å². The number of carbonyl (C=O) groups is 1. The van der Waals surface area contributed by atoms with Crippen LogP contribution in [0.25, 0.3) is 0 Å². The van der Waals surface area contributed by atoms with Gasteiger partial charge in [0.1, 0.15) is 12.2 Å². The highest BCUT2D eigenvalue weighted by Gasteiger charge is 2.26. The number of esters is 1. The van der Waals surface area contributed by atoms with Crippen molar-refractivity contribution in [2.24, 2.45) is 0 Å². The van der Waals surface area contributed by atoms with Crippen LogP contribution in [0.2, 0.25) is 0 Å². The van der Waals surface area contributed by atoms with Gasteiger partial charge in [0, 0.05) is 13.0 Å². The Bertz CT molecular complexity index is 1200. The second-order valence-corrected chi connectivity index (χ2v) is 15.4. The van der Waals surface area contributed by atoms with Crippen LogP contribution in [0.5, 0.6) is 0 Å². The molecule has 0 aromatic heterocycles. The average Bonchev–Trinajstić information content (AvgIpc) is 3.20. The molecule has 0 aliphatic heterocycles. The quantitative estimate of drug-likeness (QED) is 0.0239. The molecule has 0 heterocycles. The normalized spacial score (nSPS) is 15.0. The molecule has 3 N–H and O–H groups in total. The molecule has 3 atom stereocenters. The van der Waals surface area contributed by atoms with Crippen LogP contribution >= 0.6 is 7.82 Å². The standard InChI is InChI=1S/C47H79O9P/c1-3-5-7-9-11-13-15-17-19-20-21-22-23-24-25-27-29-31-33-35-37-39-47(50)56-46(44-55-57(51,52)54-42-45(49)41-48)43-53-40-38-36-34-32-30-28-26-18-16-14-12-10-8-6-4-2/h5,7,10-13,16-19,21-22,24-25,29,31,45-46,48-49H,3-4,6,8-9,14-15,20,23,26-28,30,32-44H2,1-2H3,(H,51,52)/b7-5-,12-10-,13-11-,18-16-,19-17-,22-21-,25-24-,31-29-. The molecule has 57 heavy (non-hydrogen) atoms. The molecule has 0 rings (SSSR count). The first kappa shape index (κ1) is 54.4. The fraction of sp³-hybridized carbons (Fsp3) is 0.638. The zero-order valence-electron chi connectivity index (χ0n) is 35.5. The summed E-state index contributed by atoms with van der Waals surface area (Å²) >= 11 is 0. The lowest BCUT2D eigenvalue weighted by molar-refractivity contribution is -0.154. The summed E-state index contributed by atoms with van der Waals surface area (Å²) in [5.41, 5.74) is 0. The van der Waals surface area contributed by atoms with Gasteiger partial charge in [-0.1, -0.05) is 150 Å². The Kier molecular flexibility index (Phi) is 41.0. The predicted molar refractivity (Wildman–Crippen MR) is 237 cm³/mol. The van der Waals surface area contributed by atoms with Crippen molar-refractivity contribution in [3.63, 3.8) is 0 Å². The summed E-state index contributed by atoms with van der Waals surface area (Å²) in [5, 5.41) is 18.3. The fourth-order valence-electron chi connectivity index (χ4n) is 5.20. The van der Waals surface area contributed by atoms with Crippen LogP contribution in [0, 0.1) is 0 Å². The van der Waals surface area contributed by atoms with Gasteiger partial charge in [-0.2, -0.15) is 0 Å². The Morgan fingerprint density at radius 1 is 0.561 bits per heavy atom. The van der Waals surface area contributed by atoms with Crippen molar-refractivity contribution in [3.05, 3.63) is 97.2 Å². The van der Waals surface area contributed by atoms with Crippen molar-refractivity contribution in [1.29, 1.82) is 0 Å². The number of allylic oxidation sites excluding steroid dienone is 16. The lowest BCUT2D eigenvalue weighted by Gasteiger charge is -2.20. The van der Waals surface area contributed by atoms with Gasteiger partial charge in [0.2, 0.25) is 0 Å². The summed E-state index contributed by atoms with van der Waals surface area (Å²) in [6, 6.07) is 0. The SMILES string of the molecule is CC/C=C\C/C=C\C/C=C\C/C=C\C/C=C\C/C=C\CCCCC(=O)OC(COCCCCCCCC/C=C\C/C=C\CCCC)COP(=O)(O)OCC(O)CO. The van der Waals surface area contributed by atoms with E-state index >= 15 is 0 Å². The van der Waals surface area contributed by atoms with Crippen LogP contribution in [-0.2, 0) is 27.9 Å². The van der Waals surface area contributed by atoms with E-state index in [1.165, 1.54) is 38.5 Å². The number of phosphoric ester groups is 1. The first-order valence-corrected chi connectivity index (χ1v) is 23.2. The Morgan fingerprint density at radius 2 is 1.00 bits per heavy atom. The van der Waals surface area contributed by atoms with Gasteiger partial charge in [0.05, 0.1) is 26.4 Å². The van der Waals surface area contributed by atoms with Gasteiger partial charge in [0.25, 0.3) is 0 Å². The summed E-state index contributed by atoms with van der Waals surface area (Å²) in [5.74, 6) is -0.433. The molecule has 0 radical (unpaired) electrons. The van der Waals surface area contributed by atoms with Gasteiger partial charge < -0.3 is 24.6 Å². The number of unbranched alkanes of at least 4 members (excludes halogenated alkanes) is 10. The number of ether oxygens (including phenoxy) is 2. The van der Waals surface area contributed by atoms with Crippen LogP contribution in [0.1, 0.15) is 149 Å². The molecule has 0 aliphatic carbocycles. The van der Waals surface area contributed by atoms with Gasteiger partial charge >= 0.3 is 13.8 Å². The minimum atomic E-state index is -4.54. The van der Waals surface area contributed by atoms with Crippen LogP contribution in [-0.4, -0.2) is 66.3 Å². The molecule has 0 aliphatic rings. The molecule has 0 spiro atoms. The highest BCUT2D eigenvalue weighted by molar-refractivity contribution is 7.47. The summed E-state index contributed by atoms with van der Waals surface area (Å²) in [7, 11) is -4.54. The number of phosphoric acid groups is 1. The number of carbonyl (C=O) groups excluding carboxylic acids is 1. The number of aliphatic hydroxyl groups excluding tert-OH is 2. The summed E-state index contributed by atoms with van der Waals surface area (Å²) in [4.78, 5) is 22.6. The summed E-state index contributed by atoms with van der Waals surface area (Å²) in [6.45, 7) is 3.25. The van der Waals surface area contributed by atoms with E-state index in [4.69, 9.17) is 23.6 Å². The maximum atomic E-state index is 12.6. The second-order valence-electron chi connectivity index (χ2n) is 14.0. The predicted octanol–water partition coefficient (Wildman–Crippen LogP) is 12.1. The third kappa shape index (κ3) is 42.8. The van der Waals surface area contributed by atoms with Gasteiger partial charge in [-0.3, -0.25) is 13.8 Å². The molecule has 3 unspecified atom stereocenters. The smallest absolute Gasteiger partial charge is 0.457 e. The van der Waals surface area contributed by atoms with Crippen LogP contribution in [0.15, 0.2) is 97.2 Å². The molecule has 10 heteroatoms.